The SMILES string of the molecule is COc1cc2ncnc(Nc3ccc(OCc4cccc(F)c4)c(Cl)c3)c2cc1-c1csc(CCNCC(C(C)C)=S(=O)=O)n1. The van der Waals surface area contributed by atoms with Crippen molar-refractivity contribution in [3.8, 4) is 22.8 Å². The highest BCUT2D eigenvalue weighted by atomic mass is 35.5. The fraction of sp³-hybridized carbons (Fsp3) is 0.250. The summed E-state index contributed by atoms with van der Waals surface area (Å²) in [5.74, 6) is 1.30. The maximum Gasteiger partial charge on any atom is 0.214 e. The molecule has 0 spiro atoms. The molecular formula is C32H31ClFN5O4S2. The van der Waals surface area contributed by atoms with Gasteiger partial charge in [0.1, 0.15) is 36.1 Å². The van der Waals surface area contributed by atoms with Crippen LogP contribution in [0.25, 0.3) is 22.2 Å². The fourth-order valence-electron chi connectivity index (χ4n) is 4.58. The van der Waals surface area contributed by atoms with Crippen molar-refractivity contribution in [3.63, 3.8) is 0 Å². The normalized spacial score (nSPS) is 11.2. The van der Waals surface area contributed by atoms with Gasteiger partial charge in [0.25, 0.3) is 0 Å². The predicted octanol–water partition coefficient (Wildman–Crippen LogP) is 6.72. The Morgan fingerprint density at radius 3 is 2.67 bits per heavy atom. The third kappa shape index (κ3) is 8.14. The number of rotatable bonds is 13. The van der Waals surface area contributed by atoms with E-state index in [2.05, 4.69) is 20.6 Å². The second-order valence-electron chi connectivity index (χ2n) is 10.4. The van der Waals surface area contributed by atoms with Crippen molar-refractivity contribution in [1.82, 2.24) is 20.3 Å². The van der Waals surface area contributed by atoms with E-state index in [1.807, 2.05) is 37.4 Å². The summed E-state index contributed by atoms with van der Waals surface area (Å²) in [6, 6.07) is 15.3. The van der Waals surface area contributed by atoms with Crippen LogP contribution in [0.2, 0.25) is 5.02 Å². The van der Waals surface area contributed by atoms with Crippen LogP contribution in [-0.2, 0) is 23.3 Å². The average Bonchev–Trinajstić information content (AvgIpc) is 3.48. The van der Waals surface area contributed by atoms with E-state index in [1.54, 1.807) is 31.4 Å². The maximum atomic E-state index is 13.5. The molecule has 2 heterocycles. The number of benzene rings is 3. The van der Waals surface area contributed by atoms with E-state index in [1.165, 1.54) is 29.8 Å². The monoisotopic (exact) mass is 667 g/mol. The molecule has 3 aromatic carbocycles. The van der Waals surface area contributed by atoms with E-state index in [0.29, 0.717) is 63.5 Å². The predicted molar refractivity (Wildman–Crippen MR) is 178 cm³/mol. The van der Waals surface area contributed by atoms with Crippen molar-refractivity contribution in [2.45, 2.75) is 26.9 Å². The molecule has 0 atom stereocenters. The molecule has 0 aliphatic heterocycles. The number of hydrogen-bond donors (Lipinski definition) is 2. The van der Waals surface area contributed by atoms with E-state index in [9.17, 15) is 12.8 Å². The molecule has 0 saturated carbocycles. The van der Waals surface area contributed by atoms with Gasteiger partial charge in [-0.05, 0) is 47.9 Å². The van der Waals surface area contributed by atoms with Gasteiger partial charge in [0.15, 0.2) is 0 Å². The van der Waals surface area contributed by atoms with Crippen LogP contribution in [0.3, 0.4) is 0 Å². The summed E-state index contributed by atoms with van der Waals surface area (Å²) in [5, 5.41) is 10.6. The Hall–Kier alpha value is -4.10. The molecule has 2 aromatic heterocycles. The second kappa shape index (κ2) is 14.8. The summed E-state index contributed by atoms with van der Waals surface area (Å²) in [4.78, 5) is 14.2. The van der Waals surface area contributed by atoms with Gasteiger partial charge in [-0.25, -0.2) is 19.3 Å². The van der Waals surface area contributed by atoms with Gasteiger partial charge in [0.2, 0.25) is 10.3 Å². The molecule has 13 heteroatoms. The van der Waals surface area contributed by atoms with Gasteiger partial charge in [-0.1, -0.05) is 37.6 Å². The van der Waals surface area contributed by atoms with Crippen molar-refractivity contribution >= 4 is 60.5 Å². The maximum absolute atomic E-state index is 13.5. The largest absolute Gasteiger partial charge is 0.496 e. The van der Waals surface area contributed by atoms with Crippen LogP contribution in [-0.4, -0.2) is 48.4 Å². The van der Waals surface area contributed by atoms with Gasteiger partial charge in [0, 0.05) is 47.6 Å². The molecule has 0 bridgehead atoms. The second-order valence-corrected chi connectivity index (χ2v) is 12.7. The summed E-state index contributed by atoms with van der Waals surface area (Å²) in [5.41, 5.74) is 3.61. The summed E-state index contributed by atoms with van der Waals surface area (Å²) in [6.07, 6.45) is 2.12. The highest BCUT2D eigenvalue weighted by Gasteiger charge is 2.16. The van der Waals surface area contributed by atoms with Crippen LogP contribution in [0.1, 0.15) is 24.4 Å². The first-order valence-electron chi connectivity index (χ1n) is 14.1. The summed E-state index contributed by atoms with van der Waals surface area (Å²) in [6.45, 7) is 4.81. The minimum Gasteiger partial charge on any atom is -0.496 e. The Morgan fingerprint density at radius 1 is 1.09 bits per heavy atom. The van der Waals surface area contributed by atoms with Crippen LogP contribution in [0.15, 0.2) is 66.3 Å². The smallest absolute Gasteiger partial charge is 0.214 e. The third-order valence-corrected chi connectivity index (χ3v) is 9.18. The zero-order valence-corrected chi connectivity index (χ0v) is 27.2. The zero-order valence-electron chi connectivity index (χ0n) is 24.8. The molecule has 5 rings (SSSR count). The third-order valence-electron chi connectivity index (χ3n) is 6.94. The van der Waals surface area contributed by atoms with Crippen LogP contribution < -0.4 is 20.1 Å². The quantitative estimate of drug-likeness (QED) is 0.104. The number of ether oxygens (including phenoxy) is 2. The number of nitrogens with one attached hydrogen (secondary N) is 2. The Labute approximate surface area is 271 Å². The lowest BCUT2D eigenvalue weighted by molar-refractivity contribution is 0.306. The van der Waals surface area contributed by atoms with Crippen molar-refractivity contribution < 1.29 is 22.3 Å². The molecule has 5 aromatic rings. The Morgan fingerprint density at radius 2 is 1.93 bits per heavy atom. The van der Waals surface area contributed by atoms with E-state index in [-0.39, 0.29) is 18.3 Å². The van der Waals surface area contributed by atoms with Crippen molar-refractivity contribution in [3.05, 3.63) is 87.7 Å². The highest BCUT2D eigenvalue weighted by Crippen LogP contribution is 2.37. The number of halogens is 2. The number of nitrogens with zero attached hydrogens (tertiary/aromatic N) is 3. The van der Waals surface area contributed by atoms with Gasteiger partial charge in [-0.15, -0.1) is 11.3 Å². The van der Waals surface area contributed by atoms with Gasteiger partial charge in [-0.2, -0.15) is 8.42 Å². The Balaban J connectivity index is 1.32. The minimum atomic E-state index is -2.20. The first-order valence-corrected chi connectivity index (χ1v) is 16.4. The molecule has 2 N–H and O–H groups in total. The summed E-state index contributed by atoms with van der Waals surface area (Å²) in [7, 11) is -0.602. The molecule has 0 aliphatic carbocycles. The standard InChI is InChI=1S/C32H31ClFN5O4S2/c1-19(2)30(45(40)41)15-35-10-9-31-39-27(17-44-31)23-13-24-26(14-29(23)42-3)36-18-37-32(24)38-22-7-8-28(25(33)12-22)43-16-20-5-4-6-21(34)11-20/h4-8,11-14,17-19,35H,9-10,15-16H2,1-3H3,(H,36,37,38). The molecule has 45 heavy (non-hydrogen) atoms. The fourth-order valence-corrected chi connectivity index (χ4v) is 6.22. The van der Waals surface area contributed by atoms with Gasteiger partial charge >= 0.3 is 0 Å². The minimum absolute atomic E-state index is 0.0468. The molecule has 0 amide bonds. The van der Waals surface area contributed by atoms with E-state index >= 15 is 0 Å². The van der Waals surface area contributed by atoms with Gasteiger partial charge in [0.05, 0.1) is 33.2 Å². The van der Waals surface area contributed by atoms with Crippen molar-refractivity contribution in [2.24, 2.45) is 5.92 Å². The lowest BCUT2D eigenvalue weighted by atomic mass is 10.1. The topological polar surface area (TPSA) is 115 Å². The molecular weight excluding hydrogens is 637 g/mol. The van der Waals surface area contributed by atoms with E-state index in [0.717, 1.165) is 21.7 Å². The average molecular weight is 668 g/mol. The van der Waals surface area contributed by atoms with Crippen LogP contribution >= 0.6 is 22.9 Å². The van der Waals surface area contributed by atoms with Gasteiger partial charge < -0.3 is 20.1 Å². The van der Waals surface area contributed by atoms with Crippen LogP contribution in [0, 0.1) is 11.7 Å². The first kappa shape index (κ1) is 32.3. The Kier molecular flexibility index (Phi) is 10.6. The number of aromatic nitrogens is 3. The van der Waals surface area contributed by atoms with Crippen LogP contribution in [0.4, 0.5) is 15.9 Å². The molecule has 0 radical (unpaired) electrons. The van der Waals surface area contributed by atoms with Crippen molar-refractivity contribution in [1.29, 1.82) is 0 Å². The summed E-state index contributed by atoms with van der Waals surface area (Å²) < 4.78 is 47.8. The lowest BCUT2D eigenvalue weighted by Crippen LogP contribution is -2.28. The highest BCUT2D eigenvalue weighted by molar-refractivity contribution is 7.73. The Bertz CT molecular complexity index is 1960. The number of thiazole rings is 1. The number of fused-ring (bicyclic) bond motifs is 1. The van der Waals surface area contributed by atoms with E-state index in [4.69, 9.17) is 26.1 Å². The lowest BCUT2D eigenvalue weighted by Gasteiger charge is -2.13. The van der Waals surface area contributed by atoms with Gasteiger partial charge in [-0.3, -0.25) is 0 Å². The molecule has 0 fully saturated rings. The first-order chi connectivity index (χ1) is 21.7. The summed E-state index contributed by atoms with van der Waals surface area (Å²) >= 11 is 8.04. The molecule has 0 aliphatic rings. The molecule has 234 valence electrons. The molecule has 0 saturated heterocycles. The molecule has 0 unspecified atom stereocenters. The van der Waals surface area contributed by atoms with E-state index < -0.39 is 10.3 Å². The zero-order chi connectivity index (χ0) is 31.9. The van der Waals surface area contributed by atoms with Crippen molar-refractivity contribution in [2.75, 3.05) is 25.5 Å². The number of hydrogen-bond acceptors (Lipinski definition) is 10. The number of methoxy groups -OCH3 is 1. The number of anilines is 2. The molecule has 9 nitrogen and oxygen atoms in total. The van der Waals surface area contributed by atoms with Crippen LogP contribution in [0.5, 0.6) is 11.5 Å².